The van der Waals surface area contributed by atoms with Crippen LogP contribution in [0, 0.1) is 23.7 Å². The second-order valence-electron chi connectivity index (χ2n) is 8.59. The molecular formula is C21H29N7O2. The lowest BCUT2D eigenvalue weighted by atomic mass is 9.85. The molecule has 4 atom stereocenters. The number of guanidine groups is 1. The normalized spacial score (nSPS) is 29.1. The summed E-state index contributed by atoms with van der Waals surface area (Å²) < 4.78 is 2.15. The van der Waals surface area contributed by atoms with Crippen LogP contribution in [-0.2, 0) is 29.1 Å². The highest BCUT2D eigenvalue weighted by atomic mass is 16.2. The Labute approximate surface area is 176 Å². The van der Waals surface area contributed by atoms with E-state index in [4.69, 9.17) is 0 Å². The van der Waals surface area contributed by atoms with Crippen molar-refractivity contribution >= 4 is 17.8 Å². The lowest BCUT2D eigenvalue weighted by Crippen LogP contribution is -2.40. The minimum Gasteiger partial charge on any atom is -0.357 e. The number of aryl methyl sites for hydroxylation is 1. The molecule has 1 aromatic rings. The van der Waals surface area contributed by atoms with Crippen molar-refractivity contribution in [1.82, 2.24) is 30.3 Å². The maximum Gasteiger partial charge on any atom is 0.233 e. The number of carbonyl (C=O) groups is 2. The molecule has 1 saturated carbocycles. The average molecular weight is 412 g/mol. The average Bonchev–Trinajstić information content (AvgIpc) is 3.53. The summed E-state index contributed by atoms with van der Waals surface area (Å²) >= 11 is 0. The number of aromatic nitrogens is 3. The number of nitrogens with zero attached hydrogens (tertiary/aromatic N) is 5. The fourth-order valence-electron chi connectivity index (χ4n) is 5.45. The SMILES string of the molecule is CCNC(=NCc1nnc2n1CCC2)NCCCN1C(=O)C2C3C=CC(C3)C2C1=O. The Kier molecular flexibility index (Phi) is 5.04. The van der Waals surface area contributed by atoms with Crippen molar-refractivity contribution in [3.63, 3.8) is 0 Å². The van der Waals surface area contributed by atoms with Gasteiger partial charge >= 0.3 is 0 Å². The molecule has 4 aliphatic rings. The van der Waals surface area contributed by atoms with Crippen molar-refractivity contribution in [2.75, 3.05) is 19.6 Å². The van der Waals surface area contributed by atoms with Crippen molar-refractivity contribution in [1.29, 1.82) is 0 Å². The van der Waals surface area contributed by atoms with E-state index in [1.165, 1.54) is 4.90 Å². The molecule has 0 aromatic carbocycles. The smallest absolute Gasteiger partial charge is 0.233 e. The highest BCUT2D eigenvalue weighted by molar-refractivity contribution is 6.06. The van der Waals surface area contributed by atoms with E-state index >= 15 is 0 Å². The summed E-state index contributed by atoms with van der Waals surface area (Å²) in [6.45, 7) is 5.33. The monoisotopic (exact) mass is 411 g/mol. The molecule has 2 amide bonds. The van der Waals surface area contributed by atoms with Gasteiger partial charge in [-0.05, 0) is 38.0 Å². The fourth-order valence-corrected chi connectivity index (χ4v) is 5.45. The molecule has 2 aliphatic carbocycles. The first-order valence-electron chi connectivity index (χ1n) is 11.1. The molecule has 1 saturated heterocycles. The van der Waals surface area contributed by atoms with Crippen LogP contribution in [-0.4, -0.2) is 57.1 Å². The number of fused-ring (bicyclic) bond motifs is 6. The third-order valence-electron chi connectivity index (χ3n) is 6.82. The van der Waals surface area contributed by atoms with Gasteiger partial charge in [0.25, 0.3) is 0 Å². The van der Waals surface area contributed by atoms with Crippen LogP contribution in [0.1, 0.15) is 37.8 Å². The number of amides is 2. The van der Waals surface area contributed by atoms with E-state index in [0.29, 0.717) is 32.0 Å². The second-order valence-corrected chi connectivity index (χ2v) is 8.59. The van der Waals surface area contributed by atoms with Gasteiger partial charge in [-0.15, -0.1) is 10.2 Å². The maximum atomic E-state index is 12.7. The number of aliphatic imine (C=N–C) groups is 1. The number of nitrogens with one attached hydrogen (secondary N) is 2. The molecule has 9 heteroatoms. The van der Waals surface area contributed by atoms with Gasteiger partial charge in [0, 0.05) is 32.6 Å². The zero-order chi connectivity index (χ0) is 20.7. The van der Waals surface area contributed by atoms with Gasteiger partial charge in [-0.3, -0.25) is 14.5 Å². The van der Waals surface area contributed by atoms with Gasteiger partial charge in [-0.25, -0.2) is 4.99 Å². The number of hydrogen-bond acceptors (Lipinski definition) is 5. The molecule has 0 spiro atoms. The topological polar surface area (TPSA) is 105 Å². The molecular weight excluding hydrogens is 382 g/mol. The third kappa shape index (κ3) is 3.20. The lowest BCUT2D eigenvalue weighted by molar-refractivity contribution is -0.140. The van der Waals surface area contributed by atoms with Gasteiger partial charge in [0.05, 0.1) is 11.8 Å². The first kappa shape index (κ1) is 19.3. The predicted molar refractivity (Wildman–Crippen MR) is 110 cm³/mol. The van der Waals surface area contributed by atoms with Gasteiger partial charge in [-0.1, -0.05) is 12.2 Å². The van der Waals surface area contributed by atoms with Crippen molar-refractivity contribution < 1.29 is 9.59 Å². The summed E-state index contributed by atoms with van der Waals surface area (Å²) in [4.78, 5) is 31.6. The summed E-state index contributed by atoms with van der Waals surface area (Å²) in [6.07, 6.45) is 8.04. The molecule has 9 nitrogen and oxygen atoms in total. The van der Waals surface area contributed by atoms with Crippen molar-refractivity contribution in [3.8, 4) is 0 Å². The summed E-state index contributed by atoms with van der Waals surface area (Å²) in [6, 6.07) is 0. The van der Waals surface area contributed by atoms with Crippen LogP contribution < -0.4 is 10.6 Å². The molecule has 5 rings (SSSR count). The van der Waals surface area contributed by atoms with E-state index in [-0.39, 0.29) is 35.5 Å². The molecule has 2 N–H and O–H groups in total. The van der Waals surface area contributed by atoms with Crippen LogP contribution in [0.2, 0.25) is 0 Å². The van der Waals surface area contributed by atoms with Gasteiger partial charge in [-0.2, -0.15) is 0 Å². The van der Waals surface area contributed by atoms with Crippen LogP contribution >= 0.6 is 0 Å². The van der Waals surface area contributed by atoms with Crippen LogP contribution in [0.25, 0.3) is 0 Å². The Morgan fingerprint density at radius 2 is 1.93 bits per heavy atom. The highest BCUT2D eigenvalue weighted by Gasteiger charge is 2.58. The zero-order valence-electron chi connectivity index (χ0n) is 17.4. The number of hydrogen-bond donors (Lipinski definition) is 2. The van der Waals surface area contributed by atoms with E-state index in [1.54, 1.807) is 0 Å². The summed E-state index contributed by atoms with van der Waals surface area (Å²) in [5, 5.41) is 15.0. The van der Waals surface area contributed by atoms with Crippen molar-refractivity contribution in [2.45, 2.75) is 45.7 Å². The molecule has 2 fully saturated rings. The van der Waals surface area contributed by atoms with Gasteiger partial charge < -0.3 is 15.2 Å². The zero-order valence-corrected chi connectivity index (χ0v) is 17.4. The van der Waals surface area contributed by atoms with E-state index < -0.39 is 0 Å². The Morgan fingerprint density at radius 1 is 1.17 bits per heavy atom. The number of rotatable bonds is 7. The van der Waals surface area contributed by atoms with Crippen LogP contribution in [0.4, 0.5) is 0 Å². The number of imide groups is 1. The molecule has 30 heavy (non-hydrogen) atoms. The fraction of sp³-hybridized carbons (Fsp3) is 0.667. The molecule has 4 unspecified atom stereocenters. The Bertz CT molecular complexity index is 875. The molecule has 3 heterocycles. The quantitative estimate of drug-likeness (QED) is 0.222. The van der Waals surface area contributed by atoms with Crippen molar-refractivity contribution in [2.24, 2.45) is 28.7 Å². The van der Waals surface area contributed by atoms with Gasteiger partial charge in [0.1, 0.15) is 12.4 Å². The number of allylic oxidation sites excluding steroid dienone is 2. The Hall–Kier alpha value is -2.71. The van der Waals surface area contributed by atoms with Gasteiger partial charge in [0.2, 0.25) is 11.8 Å². The van der Waals surface area contributed by atoms with Crippen molar-refractivity contribution in [3.05, 3.63) is 23.8 Å². The van der Waals surface area contributed by atoms with Gasteiger partial charge in [0.15, 0.2) is 11.8 Å². The minimum absolute atomic E-state index is 0.0306. The minimum atomic E-state index is -0.107. The standard InChI is InChI=1S/C21H29N7O2/c1-2-22-21(24-12-16-26-25-15-5-3-9-27(15)16)23-8-4-10-28-19(29)17-13-6-7-14(11-13)18(17)20(28)30/h6-7,13-14,17-18H,2-5,8-12H2,1H3,(H2,22,23,24). The maximum absolute atomic E-state index is 12.7. The summed E-state index contributed by atoms with van der Waals surface area (Å²) in [5.74, 6) is 3.04. The third-order valence-corrected chi connectivity index (χ3v) is 6.82. The van der Waals surface area contributed by atoms with Crippen LogP contribution in [0.15, 0.2) is 17.1 Å². The molecule has 2 aliphatic heterocycles. The number of carbonyl (C=O) groups excluding carboxylic acids is 2. The summed E-state index contributed by atoms with van der Waals surface area (Å²) in [5.41, 5.74) is 0. The van der Waals surface area contributed by atoms with E-state index in [9.17, 15) is 9.59 Å². The Balaban J connectivity index is 1.13. The second kappa shape index (κ2) is 7.85. The van der Waals surface area contributed by atoms with Crippen LogP contribution in [0.3, 0.4) is 0 Å². The lowest BCUT2D eigenvalue weighted by Gasteiger charge is -2.18. The largest absolute Gasteiger partial charge is 0.357 e. The first-order valence-corrected chi connectivity index (χ1v) is 11.1. The predicted octanol–water partition coefficient (Wildman–Crippen LogP) is 0.477. The first-order chi connectivity index (χ1) is 14.7. The van der Waals surface area contributed by atoms with E-state index in [2.05, 4.69) is 42.5 Å². The number of likely N-dealkylation sites (tertiary alicyclic amines) is 1. The summed E-state index contributed by atoms with van der Waals surface area (Å²) in [7, 11) is 0. The van der Waals surface area contributed by atoms with E-state index in [1.807, 2.05) is 6.92 Å². The highest BCUT2D eigenvalue weighted by Crippen LogP contribution is 2.52. The Morgan fingerprint density at radius 3 is 2.67 bits per heavy atom. The molecule has 160 valence electrons. The molecule has 2 bridgehead atoms. The van der Waals surface area contributed by atoms with E-state index in [0.717, 1.165) is 44.0 Å². The molecule has 0 radical (unpaired) electrons. The van der Waals surface area contributed by atoms with Crippen LogP contribution in [0.5, 0.6) is 0 Å². The molecule has 1 aromatic heterocycles.